The van der Waals surface area contributed by atoms with E-state index in [9.17, 15) is 0 Å². The van der Waals surface area contributed by atoms with Gasteiger partial charge in [0.1, 0.15) is 0 Å². The van der Waals surface area contributed by atoms with Gasteiger partial charge in [-0.25, -0.2) is 0 Å². The molecule has 23 heavy (non-hydrogen) atoms. The number of nitrogens with zero attached hydrogens (tertiary/aromatic N) is 2. The summed E-state index contributed by atoms with van der Waals surface area (Å²) in [6.07, 6.45) is 5.19. The zero-order valence-electron chi connectivity index (χ0n) is 14.5. The van der Waals surface area contributed by atoms with Crippen molar-refractivity contribution in [2.75, 3.05) is 20.1 Å². The Labute approximate surface area is 140 Å². The SMILES string of the molecule is CN=C(NCC1CCCCN1Cc1ccccc1)NC1CC1C. The summed E-state index contributed by atoms with van der Waals surface area (Å²) in [5, 5.41) is 7.06. The van der Waals surface area contributed by atoms with Gasteiger partial charge >= 0.3 is 0 Å². The van der Waals surface area contributed by atoms with Crippen LogP contribution >= 0.6 is 0 Å². The van der Waals surface area contributed by atoms with Crippen molar-refractivity contribution < 1.29 is 0 Å². The maximum atomic E-state index is 4.37. The van der Waals surface area contributed by atoms with Crippen LogP contribution in [0.3, 0.4) is 0 Å². The van der Waals surface area contributed by atoms with Crippen molar-refractivity contribution >= 4 is 5.96 Å². The average molecular weight is 314 g/mol. The van der Waals surface area contributed by atoms with E-state index in [4.69, 9.17) is 0 Å². The third-order valence-corrected chi connectivity index (χ3v) is 5.14. The van der Waals surface area contributed by atoms with Crippen molar-refractivity contribution in [3.63, 3.8) is 0 Å². The number of hydrogen-bond donors (Lipinski definition) is 2. The molecule has 126 valence electrons. The van der Waals surface area contributed by atoms with Gasteiger partial charge in [0.25, 0.3) is 0 Å². The van der Waals surface area contributed by atoms with E-state index in [1.54, 1.807) is 0 Å². The van der Waals surface area contributed by atoms with Crippen LogP contribution in [0.4, 0.5) is 0 Å². The fourth-order valence-corrected chi connectivity index (χ4v) is 3.43. The first kappa shape index (κ1) is 16.3. The minimum Gasteiger partial charge on any atom is -0.355 e. The van der Waals surface area contributed by atoms with Gasteiger partial charge in [-0.3, -0.25) is 9.89 Å². The number of aliphatic imine (C=N–C) groups is 1. The smallest absolute Gasteiger partial charge is 0.191 e. The Morgan fingerprint density at radius 1 is 1.26 bits per heavy atom. The van der Waals surface area contributed by atoms with Gasteiger partial charge in [-0.05, 0) is 37.3 Å². The highest BCUT2D eigenvalue weighted by molar-refractivity contribution is 5.80. The Morgan fingerprint density at radius 2 is 2.04 bits per heavy atom. The number of likely N-dealkylation sites (tertiary alicyclic amines) is 1. The second-order valence-electron chi connectivity index (χ2n) is 7.02. The molecule has 3 atom stereocenters. The minimum atomic E-state index is 0.596. The maximum Gasteiger partial charge on any atom is 0.191 e. The first-order chi connectivity index (χ1) is 11.3. The molecule has 0 amide bonds. The Balaban J connectivity index is 1.51. The molecule has 1 aliphatic carbocycles. The molecule has 1 aromatic rings. The summed E-state index contributed by atoms with van der Waals surface area (Å²) in [6, 6.07) is 12.0. The van der Waals surface area contributed by atoms with Gasteiger partial charge < -0.3 is 10.6 Å². The summed E-state index contributed by atoms with van der Waals surface area (Å²) < 4.78 is 0. The van der Waals surface area contributed by atoms with Crippen molar-refractivity contribution in [3.8, 4) is 0 Å². The summed E-state index contributed by atoms with van der Waals surface area (Å²) in [6.45, 7) is 5.52. The van der Waals surface area contributed by atoms with Crippen LogP contribution in [0.15, 0.2) is 35.3 Å². The molecule has 3 unspecified atom stereocenters. The van der Waals surface area contributed by atoms with Crippen LogP contribution in [0.5, 0.6) is 0 Å². The zero-order chi connectivity index (χ0) is 16.1. The predicted molar refractivity (Wildman–Crippen MR) is 96.6 cm³/mol. The van der Waals surface area contributed by atoms with Crippen molar-refractivity contribution in [1.29, 1.82) is 0 Å². The molecule has 4 heteroatoms. The topological polar surface area (TPSA) is 39.7 Å². The predicted octanol–water partition coefficient (Wildman–Crippen LogP) is 2.61. The molecular weight excluding hydrogens is 284 g/mol. The second-order valence-corrected chi connectivity index (χ2v) is 7.02. The molecule has 2 N–H and O–H groups in total. The lowest BCUT2D eigenvalue weighted by molar-refractivity contribution is 0.141. The second kappa shape index (κ2) is 7.82. The molecule has 4 nitrogen and oxygen atoms in total. The summed E-state index contributed by atoms with van der Waals surface area (Å²) >= 11 is 0. The first-order valence-corrected chi connectivity index (χ1v) is 9.01. The molecule has 1 aromatic carbocycles. The van der Waals surface area contributed by atoms with E-state index in [1.807, 2.05) is 7.05 Å². The van der Waals surface area contributed by atoms with Gasteiger partial charge in [-0.15, -0.1) is 0 Å². The standard InChI is InChI=1S/C19H30N4/c1-15-12-18(15)22-19(20-2)21-13-17-10-6-7-11-23(17)14-16-8-4-3-5-9-16/h3-5,8-9,15,17-18H,6-7,10-14H2,1-2H3,(H2,20,21,22). The lowest BCUT2D eigenvalue weighted by Crippen LogP contribution is -2.49. The van der Waals surface area contributed by atoms with Crippen LogP contribution in [0.25, 0.3) is 0 Å². The van der Waals surface area contributed by atoms with E-state index in [-0.39, 0.29) is 0 Å². The van der Waals surface area contributed by atoms with E-state index in [0.29, 0.717) is 12.1 Å². The highest BCUT2D eigenvalue weighted by atomic mass is 15.2. The third-order valence-electron chi connectivity index (χ3n) is 5.14. The van der Waals surface area contributed by atoms with Crippen LogP contribution < -0.4 is 10.6 Å². The van der Waals surface area contributed by atoms with Crippen molar-refractivity contribution in [1.82, 2.24) is 15.5 Å². The van der Waals surface area contributed by atoms with Crippen LogP contribution in [0.1, 0.15) is 38.2 Å². The van der Waals surface area contributed by atoms with E-state index < -0.39 is 0 Å². The summed E-state index contributed by atoms with van der Waals surface area (Å²) in [4.78, 5) is 7.00. The van der Waals surface area contributed by atoms with Crippen LogP contribution in [0.2, 0.25) is 0 Å². The molecule has 2 aliphatic rings. The molecule has 0 spiro atoms. The lowest BCUT2D eigenvalue weighted by Gasteiger charge is -2.36. The number of hydrogen-bond acceptors (Lipinski definition) is 2. The lowest BCUT2D eigenvalue weighted by atomic mass is 10.0. The molecule has 1 saturated heterocycles. The molecule has 3 rings (SSSR count). The number of benzene rings is 1. The highest BCUT2D eigenvalue weighted by Crippen LogP contribution is 2.28. The van der Waals surface area contributed by atoms with Crippen LogP contribution in [0, 0.1) is 5.92 Å². The summed E-state index contributed by atoms with van der Waals surface area (Å²) in [7, 11) is 1.87. The molecule has 2 fully saturated rings. The zero-order valence-corrected chi connectivity index (χ0v) is 14.5. The number of guanidine groups is 1. The Kier molecular flexibility index (Phi) is 5.55. The van der Waals surface area contributed by atoms with E-state index >= 15 is 0 Å². The number of nitrogens with one attached hydrogen (secondary N) is 2. The molecule has 1 saturated carbocycles. The maximum absolute atomic E-state index is 4.37. The fraction of sp³-hybridized carbons (Fsp3) is 0.632. The monoisotopic (exact) mass is 314 g/mol. The van der Waals surface area contributed by atoms with Crippen LogP contribution in [-0.4, -0.2) is 43.1 Å². The molecule has 0 aromatic heterocycles. The fourth-order valence-electron chi connectivity index (χ4n) is 3.43. The largest absolute Gasteiger partial charge is 0.355 e. The van der Waals surface area contributed by atoms with Gasteiger partial charge in [-0.2, -0.15) is 0 Å². The van der Waals surface area contributed by atoms with Gasteiger partial charge in [0, 0.05) is 32.2 Å². The van der Waals surface area contributed by atoms with Gasteiger partial charge in [0.05, 0.1) is 0 Å². The summed E-state index contributed by atoms with van der Waals surface area (Å²) in [5.41, 5.74) is 1.41. The van der Waals surface area contributed by atoms with Crippen molar-refractivity contribution in [2.45, 2.75) is 51.2 Å². The van der Waals surface area contributed by atoms with E-state index in [1.165, 1.54) is 37.8 Å². The highest BCUT2D eigenvalue weighted by Gasteiger charge is 2.33. The Morgan fingerprint density at radius 3 is 2.74 bits per heavy atom. The first-order valence-electron chi connectivity index (χ1n) is 9.01. The number of piperidine rings is 1. The third kappa shape index (κ3) is 4.71. The Bertz CT molecular complexity index is 513. The van der Waals surface area contributed by atoms with E-state index in [0.717, 1.165) is 25.0 Å². The average Bonchev–Trinajstić information content (AvgIpc) is 3.28. The minimum absolute atomic E-state index is 0.596. The summed E-state index contributed by atoms with van der Waals surface area (Å²) in [5.74, 6) is 1.75. The molecule has 0 radical (unpaired) electrons. The van der Waals surface area contributed by atoms with Crippen molar-refractivity contribution in [2.24, 2.45) is 10.9 Å². The van der Waals surface area contributed by atoms with Gasteiger partial charge in [0.15, 0.2) is 5.96 Å². The van der Waals surface area contributed by atoms with Gasteiger partial charge in [-0.1, -0.05) is 43.7 Å². The molecule has 1 aliphatic heterocycles. The molecular formula is C19H30N4. The van der Waals surface area contributed by atoms with Crippen molar-refractivity contribution in [3.05, 3.63) is 35.9 Å². The van der Waals surface area contributed by atoms with Crippen LogP contribution in [-0.2, 0) is 6.54 Å². The number of rotatable bonds is 5. The van der Waals surface area contributed by atoms with E-state index in [2.05, 4.69) is 57.8 Å². The van der Waals surface area contributed by atoms with Gasteiger partial charge in [0.2, 0.25) is 0 Å². The Hall–Kier alpha value is -1.55. The molecule has 0 bridgehead atoms. The molecule has 1 heterocycles. The quantitative estimate of drug-likeness (QED) is 0.648. The normalized spacial score (nSPS) is 28.4.